The van der Waals surface area contributed by atoms with Gasteiger partial charge in [-0.1, -0.05) is 25.1 Å². The van der Waals surface area contributed by atoms with E-state index in [9.17, 15) is 9.59 Å². The van der Waals surface area contributed by atoms with Gasteiger partial charge in [0.2, 0.25) is 5.91 Å². The molecule has 0 radical (unpaired) electrons. The molecular formula is C16H22N2O2. The van der Waals surface area contributed by atoms with Crippen molar-refractivity contribution in [3.05, 3.63) is 34.9 Å². The average Bonchev–Trinajstić information content (AvgIpc) is 2.65. The van der Waals surface area contributed by atoms with Crippen molar-refractivity contribution >= 4 is 11.7 Å². The summed E-state index contributed by atoms with van der Waals surface area (Å²) in [5.41, 5.74) is 13.2. The summed E-state index contributed by atoms with van der Waals surface area (Å²) in [6.45, 7) is 5.32. The number of nitrogens with two attached hydrogens (primary N) is 2. The third-order valence-electron chi connectivity index (χ3n) is 4.11. The average molecular weight is 274 g/mol. The van der Waals surface area contributed by atoms with Gasteiger partial charge in [0.25, 0.3) is 0 Å². The number of fused-ring (bicyclic) bond motifs is 1. The Morgan fingerprint density at radius 2 is 1.85 bits per heavy atom. The van der Waals surface area contributed by atoms with Crippen LogP contribution in [0.4, 0.5) is 0 Å². The fourth-order valence-electron chi connectivity index (χ4n) is 2.62. The van der Waals surface area contributed by atoms with Crippen molar-refractivity contribution in [1.29, 1.82) is 0 Å². The Balaban J connectivity index is 2.20. The first-order valence-electron chi connectivity index (χ1n) is 6.84. The largest absolute Gasteiger partial charge is 0.369 e. The maximum absolute atomic E-state index is 12.0. The highest BCUT2D eigenvalue weighted by atomic mass is 16.1. The number of carbonyl (C=O) groups is 2. The molecule has 0 spiro atoms. The molecule has 4 N–H and O–H groups in total. The second-order valence-electron chi connectivity index (χ2n) is 6.70. The van der Waals surface area contributed by atoms with E-state index in [-0.39, 0.29) is 11.7 Å². The number of carbonyl (C=O) groups excluding carboxylic acids is 2. The maximum Gasteiger partial charge on any atom is 0.224 e. The van der Waals surface area contributed by atoms with E-state index in [0.717, 1.165) is 16.7 Å². The van der Waals surface area contributed by atoms with E-state index >= 15 is 0 Å². The van der Waals surface area contributed by atoms with Crippen molar-refractivity contribution in [2.45, 2.75) is 45.6 Å². The van der Waals surface area contributed by atoms with Gasteiger partial charge in [-0.15, -0.1) is 0 Å². The van der Waals surface area contributed by atoms with Gasteiger partial charge in [0.15, 0.2) is 5.78 Å². The number of primary amides is 1. The lowest BCUT2D eigenvalue weighted by molar-refractivity contribution is -0.126. The van der Waals surface area contributed by atoms with Crippen LogP contribution in [-0.4, -0.2) is 17.2 Å². The molecule has 108 valence electrons. The van der Waals surface area contributed by atoms with Crippen LogP contribution in [0.15, 0.2) is 18.2 Å². The van der Waals surface area contributed by atoms with E-state index < -0.39 is 11.0 Å². The Morgan fingerprint density at radius 1 is 1.25 bits per heavy atom. The van der Waals surface area contributed by atoms with Gasteiger partial charge >= 0.3 is 0 Å². The zero-order valence-corrected chi connectivity index (χ0v) is 12.3. The molecule has 1 atom stereocenters. The van der Waals surface area contributed by atoms with E-state index in [4.69, 9.17) is 11.5 Å². The monoisotopic (exact) mass is 274 g/mol. The first kappa shape index (κ1) is 14.7. The molecule has 1 amide bonds. The molecule has 0 aromatic heterocycles. The van der Waals surface area contributed by atoms with E-state index in [1.807, 2.05) is 25.1 Å². The molecule has 20 heavy (non-hydrogen) atoms. The van der Waals surface area contributed by atoms with Crippen molar-refractivity contribution in [2.24, 2.45) is 16.9 Å². The van der Waals surface area contributed by atoms with Crippen LogP contribution in [0.25, 0.3) is 0 Å². The van der Waals surface area contributed by atoms with Crippen molar-refractivity contribution in [2.75, 3.05) is 0 Å². The van der Waals surface area contributed by atoms with Gasteiger partial charge in [-0.3, -0.25) is 9.59 Å². The molecule has 0 bridgehead atoms. The molecule has 4 nitrogen and oxygen atoms in total. The van der Waals surface area contributed by atoms with Gasteiger partial charge in [0, 0.05) is 6.42 Å². The summed E-state index contributed by atoms with van der Waals surface area (Å²) in [6, 6.07) is 5.94. The zero-order valence-electron chi connectivity index (χ0n) is 12.3. The summed E-state index contributed by atoms with van der Waals surface area (Å²) in [7, 11) is 0. The van der Waals surface area contributed by atoms with E-state index in [2.05, 4.69) is 0 Å². The minimum atomic E-state index is -0.819. The predicted octanol–water partition coefficient (Wildman–Crippen LogP) is 1.13. The lowest BCUT2D eigenvalue weighted by Gasteiger charge is -2.18. The smallest absolute Gasteiger partial charge is 0.224 e. The number of benzene rings is 1. The Hall–Kier alpha value is -1.68. The third kappa shape index (κ3) is 2.75. The third-order valence-corrected chi connectivity index (χ3v) is 4.11. The standard InChI is InChI=1S/C16H22N2O2/c1-15(2,18)13(19)7-10-4-5-11-8-16(3,14(17)20)9-12(11)6-10/h4-6H,7-9,18H2,1-3H3,(H2,17,20). The van der Waals surface area contributed by atoms with Gasteiger partial charge in [-0.05, 0) is 43.4 Å². The van der Waals surface area contributed by atoms with Gasteiger partial charge in [-0.2, -0.15) is 0 Å². The highest BCUT2D eigenvalue weighted by Gasteiger charge is 2.38. The first-order valence-corrected chi connectivity index (χ1v) is 6.84. The van der Waals surface area contributed by atoms with Crippen LogP contribution in [0.3, 0.4) is 0 Å². The molecular weight excluding hydrogens is 252 g/mol. The molecule has 1 aliphatic rings. The van der Waals surface area contributed by atoms with E-state index in [0.29, 0.717) is 19.3 Å². The number of rotatable bonds is 4. The molecule has 2 rings (SSSR count). The predicted molar refractivity (Wildman–Crippen MR) is 78.1 cm³/mol. The molecule has 1 aromatic rings. The van der Waals surface area contributed by atoms with E-state index in [1.165, 1.54) is 0 Å². The molecule has 0 heterocycles. The van der Waals surface area contributed by atoms with Crippen LogP contribution in [-0.2, 0) is 28.9 Å². The maximum atomic E-state index is 12.0. The fraction of sp³-hybridized carbons (Fsp3) is 0.500. The van der Waals surface area contributed by atoms with Crippen molar-refractivity contribution in [3.63, 3.8) is 0 Å². The van der Waals surface area contributed by atoms with Crippen LogP contribution < -0.4 is 11.5 Å². The normalized spacial score (nSPS) is 21.6. The summed E-state index contributed by atoms with van der Waals surface area (Å²) < 4.78 is 0. The number of hydrogen-bond donors (Lipinski definition) is 2. The summed E-state index contributed by atoms with van der Waals surface area (Å²) in [5.74, 6) is -0.262. The number of amides is 1. The molecule has 1 unspecified atom stereocenters. The molecule has 1 aromatic carbocycles. The summed E-state index contributed by atoms with van der Waals surface area (Å²) in [6.07, 6.45) is 1.64. The minimum absolute atomic E-state index is 0.00751. The van der Waals surface area contributed by atoms with Crippen molar-refractivity contribution in [3.8, 4) is 0 Å². The van der Waals surface area contributed by atoms with Gasteiger partial charge in [0.05, 0.1) is 11.0 Å². The quantitative estimate of drug-likeness (QED) is 0.862. The summed E-state index contributed by atoms with van der Waals surface area (Å²) >= 11 is 0. The van der Waals surface area contributed by atoms with Crippen LogP contribution in [0.2, 0.25) is 0 Å². The first-order chi connectivity index (χ1) is 9.12. The molecule has 1 aliphatic carbocycles. The van der Waals surface area contributed by atoms with Crippen molar-refractivity contribution < 1.29 is 9.59 Å². The molecule has 4 heteroatoms. The van der Waals surface area contributed by atoms with Gasteiger partial charge < -0.3 is 11.5 Å². The lowest BCUT2D eigenvalue weighted by Crippen LogP contribution is -2.42. The molecule has 0 fully saturated rings. The molecule has 0 saturated heterocycles. The topological polar surface area (TPSA) is 86.2 Å². The van der Waals surface area contributed by atoms with Crippen LogP contribution >= 0.6 is 0 Å². The lowest BCUT2D eigenvalue weighted by atomic mass is 9.86. The SMILES string of the molecule is CC(C)(N)C(=O)Cc1ccc2c(c1)CC(C)(C(N)=O)C2. The Kier molecular flexibility index (Phi) is 3.46. The number of Topliss-reactive ketones (excluding diaryl/α,β-unsaturated/α-hetero) is 1. The fourth-order valence-corrected chi connectivity index (χ4v) is 2.62. The van der Waals surface area contributed by atoms with Crippen LogP contribution in [0.1, 0.15) is 37.5 Å². The molecule has 0 aliphatic heterocycles. The second-order valence-corrected chi connectivity index (χ2v) is 6.70. The van der Waals surface area contributed by atoms with Gasteiger partial charge in [-0.25, -0.2) is 0 Å². The Bertz CT molecular complexity index is 572. The Morgan fingerprint density at radius 3 is 2.40 bits per heavy atom. The number of ketones is 1. The summed E-state index contributed by atoms with van der Waals surface area (Å²) in [5, 5.41) is 0. The van der Waals surface area contributed by atoms with Crippen LogP contribution in [0.5, 0.6) is 0 Å². The Labute approximate surface area is 119 Å². The van der Waals surface area contributed by atoms with Crippen LogP contribution in [0, 0.1) is 5.41 Å². The van der Waals surface area contributed by atoms with E-state index in [1.54, 1.807) is 13.8 Å². The minimum Gasteiger partial charge on any atom is -0.369 e. The van der Waals surface area contributed by atoms with Crippen molar-refractivity contribution in [1.82, 2.24) is 0 Å². The van der Waals surface area contributed by atoms with Gasteiger partial charge in [0.1, 0.15) is 0 Å². The highest BCUT2D eigenvalue weighted by molar-refractivity contribution is 5.89. The number of hydrogen-bond acceptors (Lipinski definition) is 3. The second kappa shape index (κ2) is 4.70. The summed E-state index contributed by atoms with van der Waals surface area (Å²) in [4.78, 5) is 23.5. The highest BCUT2D eigenvalue weighted by Crippen LogP contribution is 2.36. The zero-order chi connectivity index (χ0) is 15.1. The molecule has 0 saturated carbocycles.